The number of hydrogen-bond acceptors (Lipinski definition) is 2. The van der Waals surface area contributed by atoms with Crippen LogP contribution in [-0.2, 0) is 4.79 Å². The van der Waals surface area contributed by atoms with Gasteiger partial charge in [-0.15, -0.1) is 23.2 Å². The molecule has 2 atom stereocenters. The molecule has 4 rings (SSSR count). The molecule has 2 aliphatic rings. The molecule has 164 valence electrons. The first kappa shape index (κ1) is 23.2. The van der Waals surface area contributed by atoms with E-state index in [1.807, 2.05) is 0 Å². The van der Waals surface area contributed by atoms with Crippen molar-refractivity contribution in [2.45, 2.75) is 42.4 Å². The van der Waals surface area contributed by atoms with Gasteiger partial charge < -0.3 is 5.32 Å². The van der Waals surface area contributed by atoms with Crippen LogP contribution in [0.2, 0.25) is 15.1 Å². The van der Waals surface area contributed by atoms with Crippen LogP contribution in [0.3, 0.4) is 0 Å². The van der Waals surface area contributed by atoms with E-state index < -0.39 is 16.2 Å². The number of nitrogens with one attached hydrogen (secondary N) is 1. The van der Waals surface area contributed by atoms with Crippen molar-refractivity contribution in [1.82, 2.24) is 0 Å². The highest BCUT2D eigenvalue weighted by Gasteiger charge is 2.67. The van der Waals surface area contributed by atoms with Crippen LogP contribution in [0.15, 0.2) is 36.4 Å². The minimum atomic E-state index is -1.27. The van der Waals surface area contributed by atoms with Gasteiger partial charge in [-0.05, 0) is 54.3 Å². The molecular formula is C23H20Cl5NO2. The third kappa shape index (κ3) is 5.34. The van der Waals surface area contributed by atoms with Gasteiger partial charge in [0.1, 0.15) is 4.33 Å². The highest BCUT2D eigenvalue weighted by Crippen LogP contribution is 2.65. The summed E-state index contributed by atoms with van der Waals surface area (Å²) in [6.45, 7) is 0. The van der Waals surface area contributed by atoms with E-state index in [0.29, 0.717) is 38.3 Å². The third-order valence-electron chi connectivity index (χ3n) is 5.83. The average Bonchev–Trinajstić information content (AvgIpc) is 3.58. The molecule has 8 heteroatoms. The molecule has 2 aromatic carbocycles. The molecule has 2 saturated carbocycles. The molecule has 2 unspecified atom stereocenters. The van der Waals surface area contributed by atoms with Gasteiger partial charge in [0.05, 0.1) is 10.9 Å². The number of carbonyl (C=O) groups excluding carboxylic acids is 2. The first-order valence-electron chi connectivity index (χ1n) is 10.1. The van der Waals surface area contributed by atoms with E-state index >= 15 is 0 Å². The number of amides is 1. The standard InChI is InChI=1S/C23H20Cl5NO2/c24-14-8-13(9-15(25)10-14)20-21(23(20,27)28)22(31)29-16-6-7-18(26)17(11-16)19(30)3-1-2-12-4-5-12/h6-12,20-21H,1-5H2,(H,29,31). The number of carbonyl (C=O) groups is 2. The van der Waals surface area contributed by atoms with Crippen molar-refractivity contribution < 1.29 is 9.59 Å². The molecule has 31 heavy (non-hydrogen) atoms. The molecule has 3 nitrogen and oxygen atoms in total. The lowest BCUT2D eigenvalue weighted by Gasteiger charge is -2.09. The molecule has 2 aliphatic carbocycles. The first-order valence-corrected chi connectivity index (χ1v) is 12.0. The second kappa shape index (κ2) is 9.11. The third-order valence-corrected chi connectivity index (χ3v) is 7.53. The zero-order valence-corrected chi connectivity index (χ0v) is 20.2. The Balaban J connectivity index is 1.45. The van der Waals surface area contributed by atoms with E-state index in [-0.39, 0.29) is 11.7 Å². The van der Waals surface area contributed by atoms with Gasteiger partial charge >= 0.3 is 0 Å². The van der Waals surface area contributed by atoms with Crippen LogP contribution in [0.5, 0.6) is 0 Å². The van der Waals surface area contributed by atoms with Crippen LogP contribution < -0.4 is 5.32 Å². The molecule has 1 N–H and O–H groups in total. The number of rotatable bonds is 8. The zero-order chi connectivity index (χ0) is 22.3. The maximum absolute atomic E-state index is 12.9. The lowest BCUT2D eigenvalue weighted by atomic mass is 10.0. The second-order valence-corrected chi connectivity index (χ2v) is 11.0. The van der Waals surface area contributed by atoms with E-state index in [1.165, 1.54) is 12.8 Å². The van der Waals surface area contributed by atoms with E-state index in [9.17, 15) is 9.59 Å². The fraction of sp³-hybridized carbons (Fsp3) is 0.391. The lowest BCUT2D eigenvalue weighted by Crippen LogP contribution is -2.17. The number of ketones is 1. The van der Waals surface area contributed by atoms with Crippen molar-refractivity contribution in [3.8, 4) is 0 Å². The van der Waals surface area contributed by atoms with Gasteiger partial charge in [-0.1, -0.05) is 54.1 Å². The molecular weight excluding hydrogens is 500 g/mol. The summed E-state index contributed by atoms with van der Waals surface area (Å²) in [5, 5.41) is 4.07. The van der Waals surface area contributed by atoms with Crippen molar-refractivity contribution in [3.63, 3.8) is 0 Å². The molecule has 0 heterocycles. The Labute approximate surface area is 206 Å². The summed E-state index contributed by atoms with van der Waals surface area (Å²) in [7, 11) is 0. The number of hydrogen-bond donors (Lipinski definition) is 1. The van der Waals surface area contributed by atoms with Crippen molar-refractivity contribution in [3.05, 3.63) is 62.6 Å². The Morgan fingerprint density at radius 3 is 2.32 bits per heavy atom. The number of alkyl halides is 2. The summed E-state index contributed by atoms with van der Waals surface area (Å²) in [4.78, 5) is 25.5. The maximum atomic E-state index is 12.9. The number of anilines is 1. The van der Waals surface area contributed by atoms with E-state index in [0.717, 1.165) is 18.8 Å². The lowest BCUT2D eigenvalue weighted by molar-refractivity contribution is -0.117. The van der Waals surface area contributed by atoms with Gasteiger partial charge in [0.25, 0.3) is 0 Å². The molecule has 0 aliphatic heterocycles. The van der Waals surface area contributed by atoms with Gasteiger partial charge in [0.2, 0.25) is 5.91 Å². The monoisotopic (exact) mass is 517 g/mol. The quantitative estimate of drug-likeness (QED) is 0.284. The Kier molecular flexibility index (Phi) is 6.82. The van der Waals surface area contributed by atoms with Crippen molar-refractivity contribution >= 4 is 75.4 Å². The minimum absolute atomic E-state index is 0.0244. The minimum Gasteiger partial charge on any atom is -0.326 e. The largest absolute Gasteiger partial charge is 0.326 e. The summed E-state index contributed by atoms with van der Waals surface area (Å²) in [5.41, 5.74) is 1.58. The highest BCUT2D eigenvalue weighted by atomic mass is 35.5. The summed E-state index contributed by atoms with van der Waals surface area (Å²) in [5.74, 6) is -0.716. The van der Waals surface area contributed by atoms with Gasteiger partial charge in [-0.3, -0.25) is 9.59 Å². The van der Waals surface area contributed by atoms with Gasteiger partial charge in [0, 0.05) is 33.6 Å². The van der Waals surface area contributed by atoms with E-state index in [2.05, 4.69) is 5.32 Å². The van der Waals surface area contributed by atoms with Crippen molar-refractivity contribution in [1.29, 1.82) is 0 Å². The smallest absolute Gasteiger partial charge is 0.231 e. The molecule has 0 bridgehead atoms. The number of halogens is 5. The van der Waals surface area contributed by atoms with Crippen LogP contribution >= 0.6 is 58.0 Å². The van der Waals surface area contributed by atoms with Crippen molar-refractivity contribution in [2.24, 2.45) is 11.8 Å². The first-order chi connectivity index (χ1) is 14.7. The molecule has 2 aromatic rings. The summed E-state index contributed by atoms with van der Waals surface area (Å²) < 4.78 is -1.27. The normalized spacial score (nSPS) is 21.6. The molecule has 1 amide bonds. The molecule has 0 radical (unpaired) electrons. The van der Waals surface area contributed by atoms with E-state index in [4.69, 9.17) is 58.0 Å². The average molecular weight is 520 g/mol. The second-order valence-electron chi connectivity index (χ2n) is 8.28. The summed E-state index contributed by atoms with van der Waals surface area (Å²) >= 11 is 31.2. The fourth-order valence-corrected chi connectivity index (χ4v) is 5.55. The Hall–Kier alpha value is -0.970. The van der Waals surface area contributed by atoms with Gasteiger partial charge in [-0.2, -0.15) is 0 Å². The Morgan fingerprint density at radius 1 is 1.00 bits per heavy atom. The van der Waals surface area contributed by atoms with Crippen LogP contribution in [-0.4, -0.2) is 16.0 Å². The Bertz CT molecular complexity index is 1010. The predicted molar refractivity (Wildman–Crippen MR) is 128 cm³/mol. The van der Waals surface area contributed by atoms with Gasteiger partial charge in [-0.25, -0.2) is 0 Å². The molecule has 0 spiro atoms. The zero-order valence-electron chi connectivity index (χ0n) is 16.4. The maximum Gasteiger partial charge on any atom is 0.231 e. The topological polar surface area (TPSA) is 46.2 Å². The Morgan fingerprint density at radius 2 is 1.68 bits per heavy atom. The number of Topliss-reactive ketones (excluding diaryl/α,β-unsaturated/α-hetero) is 1. The SMILES string of the molecule is O=C(CCCC1CC1)c1cc(NC(=O)C2C(c3cc(Cl)cc(Cl)c3)C2(Cl)Cl)ccc1Cl. The van der Waals surface area contributed by atoms with E-state index in [1.54, 1.807) is 36.4 Å². The van der Waals surface area contributed by atoms with Crippen LogP contribution in [0.4, 0.5) is 5.69 Å². The predicted octanol–water partition coefficient (Wildman–Crippen LogP) is 7.94. The fourth-order valence-electron chi connectivity index (χ4n) is 3.95. The van der Waals surface area contributed by atoms with Crippen LogP contribution in [0.25, 0.3) is 0 Å². The summed E-state index contributed by atoms with van der Waals surface area (Å²) in [6.07, 6.45) is 4.90. The molecule has 2 fully saturated rings. The van der Waals surface area contributed by atoms with Crippen LogP contribution in [0.1, 0.15) is 53.9 Å². The summed E-state index contributed by atoms with van der Waals surface area (Å²) in [6, 6.07) is 9.87. The van der Waals surface area contributed by atoms with Gasteiger partial charge in [0.15, 0.2) is 5.78 Å². The molecule has 0 saturated heterocycles. The van der Waals surface area contributed by atoms with Crippen molar-refractivity contribution in [2.75, 3.05) is 5.32 Å². The number of benzene rings is 2. The van der Waals surface area contributed by atoms with Crippen LogP contribution in [0, 0.1) is 11.8 Å². The highest BCUT2D eigenvalue weighted by molar-refractivity contribution is 6.53. The molecule has 0 aromatic heterocycles.